The first-order chi connectivity index (χ1) is 13.4. The molecule has 0 saturated carbocycles. The van der Waals surface area contributed by atoms with Gasteiger partial charge in [-0.3, -0.25) is 4.90 Å². The quantitative estimate of drug-likeness (QED) is 0.479. The fraction of sp³-hybridized carbons (Fsp3) is 0.750. The second-order valence-corrected chi connectivity index (χ2v) is 12.0. The van der Waals surface area contributed by atoms with Crippen LogP contribution in [0.3, 0.4) is 0 Å². The van der Waals surface area contributed by atoms with E-state index < -0.39 is 31.4 Å². The minimum atomic E-state index is -3.97. The van der Waals surface area contributed by atoms with Crippen molar-refractivity contribution in [1.82, 2.24) is 4.90 Å². The Bertz CT molecular complexity index is 901. The van der Waals surface area contributed by atoms with E-state index in [9.17, 15) is 16.8 Å². The highest BCUT2D eigenvalue weighted by atomic mass is 32.3. The van der Waals surface area contributed by atoms with Gasteiger partial charge in [0.05, 0.1) is 10.9 Å². The lowest BCUT2D eigenvalue weighted by Crippen LogP contribution is -2.46. The standard InChI is InChI=1S/C16H29N3O7S3/c1-10(24-4)19(11(2)26-12(3)25-5)7-6-13-9-18-14-8-15(29(17,22)23)27-16(14)28(13,20)21/h8,10-13,18H,6-7,9H2,1-5H3,(H2,17,22,23). The first-order valence-corrected chi connectivity index (χ1v) is 12.9. The maximum Gasteiger partial charge on any atom is 0.247 e. The molecule has 2 rings (SSSR count). The van der Waals surface area contributed by atoms with Gasteiger partial charge in [-0.2, -0.15) is 0 Å². The van der Waals surface area contributed by atoms with Crippen molar-refractivity contribution in [3.63, 3.8) is 0 Å². The molecule has 0 aliphatic carbocycles. The number of ether oxygens (including phenoxy) is 3. The summed E-state index contributed by atoms with van der Waals surface area (Å²) in [7, 11) is -4.57. The van der Waals surface area contributed by atoms with Crippen molar-refractivity contribution in [2.24, 2.45) is 5.14 Å². The fourth-order valence-electron chi connectivity index (χ4n) is 3.07. The topological polar surface area (TPSA) is 137 Å². The first kappa shape index (κ1) is 24.5. The van der Waals surface area contributed by atoms with Gasteiger partial charge in [-0.25, -0.2) is 22.0 Å². The van der Waals surface area contributed by atoms with Crippen LogP contribution in [0.15, 0.2) is 14.5 Å². The van der Waals surface area contributed by atoms with Gasteiger partial charge in [-0.1, -0.05) is 0 Å². The van der Waals surface area contributed by atoms with Crippen LogP contribution in [0.2, 0.25) is 0 Å². The second-order valence-electron chi connectivity index (χ2n) is 6.76. The largest absolute Gasteiger partial charge is 0.382 e. The van der Waals surface area contributed by atoms with E-state index in [2.05, 4.69) is 5.32 Å². The number of sulfone groups is 1. The average Bonchev–Trinajstić information content (AvgIpc) is 3.09. The molecule has 4 atom stereocenters. The van der Waals surface area contributed by atoms with Crippen LogP contribution in [0.25, 0.3) is 0 Å². The van der Waals surface area contributed by atoms with Crippen LogP contribution < -0.4 is 10.5 Å². The zero-order valence-corrected chi connectivity index (χ0v) is 19.6. The number of nitrogens with one attached hydrogen (secondary N) is 1. The highest BCUT2D eigenvalue weighted by molar-refractivity contribution is 7.95. The molecule has 0 aromatic carbocycles. The van der Waals surface area contributed by atoms with Gasteiger partial charge in [0, 0.05) is 27.3 Å². The molecule has 168 valence electrons. The number of nitrogens with zero attached hydrogens (tertiary/aromatic N) is 1. The highest BCUT2D eigenvalue weighted by Gasteiger charge is 2.37. The predicted molar refractivity (Wildman–Crippen MR) is 110 cm³/mol. The summed E-state index contributed by atoms with van der Waals surface area (Å²) in [5.74, 6) is 0. The number of hydrogen-bond donors (Lipinski definition) is 2. The number of rotatable bonds is 10. The van der Waals surface area contributed by atoms with Crippen molar-refractivity contribution < 1.29 is 31.0 Å². The first-order valence-electron chi connectivity index (χ1n) is 9.03. The van der Waals surface area contributed by atoms with Crippen molar-refractivity contribution in [3.05, 3.63) is 6.07 Å². The van der Waals surface area contributed by atoms with E-state index in [-0.39, 0.29) is 33.1 Å². The normalized spacial score (nSPS) is 22.0. The molecule has 4 unspecified atom stereocenters. The minimum absolute atomic E-state index is 0.00131. The number of fused-ring (bicyclic) bond motifs is 1. The molecular formula is C16H29N3O7S3. The summed E-state index contributed by atoms with van der Waals surface area (Å²) in [4.78, 5) is 1.89. The third-order valence-corrected chi connectivity index (χ3v) is 10.2. The molecule has 1 aromatic heterocycles. The molecule has 0 bridgehead atoms. The Labute approximate surface area is 176 Å². The molecule has 10 nitrogen and oxygen atoms in total. The van der Waals surface area contributed by atoms with Crippen LogP contribution in [0.4, 0.5) is 5.69 Å². The minimum Gasteiger partial charge on any atom is -0.382 e. The number of thiophene rings is 1. The van der Waals surface area contributed by atoms with Gasteiger partial charge < -0.3 is 19.5 Å². The molecule has 0 radical (unpaired) electrons. The Morgan fingerprint density at radius 1 is 1.28 bits per heavy atom. The molecular weight excluding hydrogens is 442 g/mol. The Morgan fingerprint density at radius 2 is 1.93 bits per heavy atom. The van der Waals surface area contributed by atoms with E-state index in [0.717, 1.165) is 0 Å². The fourth-order valence-corrected chi connectivity index (χ4v) is 7.42. The lowest BCUT2D eigenvalue weighted by atomic mass is 10.2. The van der Waals surface area contributed by atoms with E-state index in [4.69, 9.17) is 19.3 Å². The van der Waals surface area contributed by atoms with Gasteiger partial charge in [0.15, 0.2) is 16.1 Å². The summed E-state index contributed by atoms with van der Waals surface area (Å²) < 4.78 is 65.3. The van der Waals surface area contributed by atoms with Crippen molar-refractivity contribution in [1.29, 1.82) is 0 Å². The van der Waals surface area contributed by atoms with Crippen molar-refractivity contribution in [2.45, 2.75) is 59.6 Å². The zero-order chi connectivity index (χ0) is 22.0. The SMILES string of the molecule is COC(C)OC(C)N(CCC1CNc2cc(S(N)(=O)=O)sc2S1(=O)=O)C(C)OC. The summed E-state index contributed by atoms with van der Waals surface area (Å²) in [5, 5.41) is 7.43. The van der Waals surface area contributed by atoms with Crippen LogP contribution in [-0.4, -0.2) is 73.0 Å². The molecule has 3 N–H and O–H groups in total. The van der Waals surface area contributed by atoms with Gasteiger partial charge >= 0.3 is 0 Å². The second kappa shape index (κ2) is 9.56. The van der Waals surface area contributed by atoms with E-state index in [1.807, 2.05) is 18.7 Å². The third-order valence-electron chi connectivity index (χ3n) is 4.88. The Balaban J connectivity index is 2.17. The maximum atomic E-state index is 13.0. The van der Waals surface area contributed by atoms with Crippen LogP contribution >= 0.6 is 11.3 Å². The van der Waals surface area contributed by atoms with Crippen molar-refractivity contribution >= 4 is 36.9 Å². The lowest BCUT2D eigenvalue weighted by molar-refractivity contribution is -0.207. The number of sulfonamides is 1. The lowest BCUT2D eigenvalue weighted by Gasteiger charge is -2.35. The van der Waals surface area contributed by atoms with E-state index in [0.29, 0.717) is 24.3 Å². The van der Waals surface area contributed by atoms with Crippen LogP contribution in [0, 0.1) is 0 Å². The van der Waals surface area contributed by atoms with E-state index >= 15 is 0 Å². The zero-order valence-electron chi connectivity index (χ0n) is 17.1. The van der Waals surface area contributed by atoms with Gasteiger partial charge in [-0.05, 0) is 33.3 Å². The third kappa shape index (κ3) is 5.67. The smallest absolute Gasteiger partial charge is 0.247 e. The number of hydrogen-bond acceptors (Lipinski definition) is 10. The van der Waals surface area contributed by atoms with E-state index in [1.165, 1.54) is 13.2 Å². The van der Waals surface area contributed by atoms with Crippen LogP contribution in [-0.2, 0) is 34.1 Å². The van der Waals surface area contributed by atoms with Crippen LogP contribution in [0.5, 0.6) is 0 Å². The Hall–Kier alpha value is -0.800. The number of anilines is 1. The molecule has 29 heavy (non-hydrogen) atoms. The monoisotopic (exact) mass is 471 g/mol. The number of nitrogens with two attached hydrogens (primary N) is 1. The molecule has 0 spiro atoms. The molecule has 1 aliphatic rings. The van der Waals surface area contributed by atoms with Gasteiger partial charge in [0.2, 0.25) is 10.0 Å². The molecule has 0 fully saturated rings. The van der Waals surface area contributed by atoms with Crippen molar-refractivity contribution in [2.75, 3.05) is 32.6 Å². The highest BCUT2D eigenvalue weighted by Crippen LogP contribution is 2.39. The Morgan fingerprint density at radius 3 is 2.48 bits per heavy atom. The van der Waals surface area contributed by atoms with E-state index in [1.54, 1.807) is 14.0 Å². The maximum absolute atomic E-state index is 13.0. The summed E-state index contributed by atoms with van der Waals surface area (Å²) in [6.45, 7) is 6.02. The summed E-state index contributed by atoms with van der Waals surface area (Å²) in [5.41, 5.74) is 0.281. The summed E-state index contributed by atoms with van der Waals surface area (Å²) in [6, 6.07) is 1.27. The molecule has 2 heterocycles. The van der Waals surface area contributed by atoms with Gasteiger partial charge in [-0.15, -0.1) is 11.3 Å². The van der Waals surface area contributed by atoms with Crippen molar-refractivity contribution in [3.8, 4) is 0 Å². The summed E-state index contributed by atoms with van der Waals surface area (Å²) >= 11 is 0.673. The predicted octanol–water partition coefficient (Wildman–Crippen LogP) is 1.00. The number of primary sulfonamides is 1. The average molecular weight is 472 g/mol. The van der Waals surface area contributed by atoms with Gasteiger partial charge in [0.1, 0.15) is 20.9 Å². The molecule has 1 aliphatic heterocycles. The molecule has 1 aromatic rings. The van der Waals surface area contributed by atoms with Gasteiger partial charge in [0.25, 0.3) is 0 Å². The number of methoxy groups -OCH3 is 2. The molecule has 0 amide bonds. The molecule has 0 saturated heterocycles. The van der Waals surface area contributed by atoms with Crippen LogP contribution in [0.1, 0.15) is 27.2 Å². The Kier molecular flexibility index (Phi) is 8.06. The summed E-state index contributed by atoms with van der Waals surface area (Å²) in [6.07, 6.45) is -0.799. The molecule has 13 heteroatoms.